The van der Waals surface area contributed by atoms with Gasteiger partial charge in [0.25, 0.3) is 20.1 Å². The third-order valence-electron chi connectivity index (χ3n) is 7.85. The number of fused-ring (bicyclic) bond motifs is 1. The zero-order chi connectivity index (χ0) is 30.6. The molecule has 0 bridgehead atoms. The first-order valence-corrected chi connectivity index (χ1v) is 16.3. The molecule has 0 fully saturated rings. The first-order valence-electron chi connectivity index (χ1n) is 14.4. The van der Waals surface area contributed by atoms with Gasteiger partial charge in [-0.25, -0.2) is 4.98 Å². The molecule has 5 rings (SSSR count). The maximum atomic E-state index is 13.1. The molecule has 0 atom stereocenters. The summed E-state index contributed by atoms with van der Waals surface area (Å²) in [5.41, 5.74) is 8.03. The summed E-state index contributed by atoms with van der Waals surface area (Å²) < 4.78 is 9.11. The van der Waals surface area contributed by atoms with E-state index in [0.717, 1.165) is 17.5 Å². The lowest BCUT2D eigenvalue weighted by Gasteiger charge is -2.43. The highest BCUT2D eigenvalue weighted by molar-refractivity contribution is 6.99. The number of pyridine rings is 1. The normalized spacial score (nSPS) is 14.7. The molecule has 1 aliphatic rings. The lowest BCUT2D eigenvalue weighted by molar-refractivity contribution is -0.123. The Kier molecular flexibility index (Phi) is 8.56. The van der Waals surface area contributed by atoms with E-state index in [0.29, 0.717) is 24.3 Å². The van der Waals surface area contributed by atoms with Crippen LogP contribution in [0.4, 0.5) is 0 Å². The summed E-state index contributed by atoms with van der Waals surface area (Å²) in [4.78, 5) is 34.5. The van der Waals surface area contributed by atoms with Gasteiger partial charge in [-0.05, 0) is 34.0 Å². The fraction of sp³-hybridized carbons (Fsp3) is 0.235. The third kappa shape index (κ3) is 5.49. The second-order valence-electron chi connectivity index (χ2n) is 11.5. The largest absolute Gasteiger partial charge is 0.407 e. The average molecular weight is 592 g/mol. The zero-order valence-electron chi connectivity index (χ0n) is 25.0. The van der Waals surface area contributed by atoms with Gasteiger partial charge in [-0.15, -0.1) is 0 Å². The third-order valence-corrected chi connectivity index (χ3v) is 12.9. The SMILES string of the molecule is CN=CC(=CN)C1=C(c2cn(CCCO[Si](c3ccccc3)(c3ccccc3)C(C)(C)C)c3ncccc23)C(=O)NC1=O. The summed E-state index contributed by atoms with van der Waals surface area (Å²) >= 11 is 0. The van der Waals surface area contributed by atoms with Crippen LogP contribution in [-0.2, 0) is 20.6 Å². The lowest BCUT2D eigenvalue weighted by Crippen LogP contribution is -2.66. The molecule has 0 saturated heterocycles. The second kappa shape index (κ2) is 12.3. The average Bonchev–Trinajstić information content (AvgIpc) is 3.51. The molecule has 0 unspecified atom stereocenters. The summed E-state index contributed by atoms with van der Waals surface area (Å²) in [5, 5.41) is 5.55. The Morgan fingerprint density at radius 3 is 2.23 bits per heavy atom. The molecule has 0 saturated carbocycles. The Labute approximate surface area is 253 Å². The first kappa shape index (κ1) is 29.9. The van der Waals surface area contributed by atoms with Crippen molar-refractivity contribution in [2.24, 2.45) is 10.7 Å². The number of carbonyl (C=O) groups is 2. The van der Waals surface area contributed by atoms with Crippen molar-refractivity contribution < 1.29 is 14.0 Å². The molecule has 2 aromatic carbocycles. The maximum Gasteiger partial charge on any atom is 0.261 e. The summed E-state index contributed by atoms with van der Waals surface area (Å²) in [6.45, 7) is 7.94. The number of aryl methyl sites for hydroxylation is 1. The van der Waals surface area contributed by atoms with Gasteiger partial charge in [0.15, 0.2) is 0 Å². The fourth-order valence-corrected chi connectivity index (χ4v) is 10.6. The number of benzene rings is 2. The highest BCUT2D eigenvalue weighted by Crippen LogP contribution is 2.37. The molecule has 8 nitrogen and oxygen atoms in total. The van der Waals surface area contributed by atoms with E-state index in [1.54, 1.807) is 13.2 Å². The van der Waals surface area contributed by atoms with Crippen molar-refractivity contribution >= 4 is 53.3 Å². The van der Waals surface area contributed by atoms with Gasteiger partial charge < -0.3 is 14.7 Å². The van der Waals surface area contributed by atoms with E-state index in [2.05, 4.69) is 84.6 Å². The minimum absolute atomic E-state index is 0.119. The van der Waals surface area contributed by atoms with E-state index < -0.39 is 20.1 Å². The molecule has 2 aromatic heterocycles. The van der Waals surface area contributed by atoms with Crippen LogP contribution in [0.25, 0.3) is 16.6 Å². The monoisotopic (exact) mass is 591 g/mol. The smallest absolute Gasteiger partial charge is 0.261 e. The Bertz CT molecular complexity index is 1690. The van der Waals surface area contributed by atoms with Gasteiger partial charge in [0, 0.05) is 61.5 Å². The van der Waals surface area contributed by atoms with Crippen LogP contribution in [0.3, 0.4) is 0 Å². The maximum absolute atomic E-state index is 13.1. The number of hydrogen-bond donors (Lipinski definition) is 2. The van der Waals surface area contributed by atoms with Crippen molar-refractivity contribution in [3.8, 4) is 0 Å². The number of nitrogens with one attached hydrogen (secondary N) is 1. The second-order valence-corrected chi connectivity index (χ2v) is 15.8. The first-order chi connectivity index (χ1) is 20.7. The van der Waals surface area contributed by atoms with Crippen LogP contribution < -0.4 is 21.4 Å². The molecule has 4 aromatic rings. The number of rotatable bonds is 10. The number of aromatic nitrogens is 2. The van der Waals surface area contributed by atoms with Crippen molar-refractivity contribution in [2.45, 2.75) is 38.8 Å². The number of nitrogens with two attached hydrogens (primary N) is 1. The predicted octanol–water partition coefficient (Wildman–Crippen LogP) is 3.96. The van der Waals surface area contributed by atoms with Gasteiger partial charge >= 0.3 is 0 Å². The number of imide groups is 1. The minimum atomic E-state index is -2.66. The number of hydrogen-bond acceptors (Lipinski definition) is 6. The van der Waals surface area contributed by atoms with E-state index in [4.69, 9.17) is 10.2 Å². The Morgan fingerprint density at radius 2 is 1.65 bits per heavy atom. The number of carbonyl (C=O) groups excluding carboxylic acids is 2. The predicted molar refractivity (Wildman–Crippen MR) is 175 cm³/mol. The zero-order valence-corrected chi connectivity index (χ0v) is 26.0. The van der Waals surface area contributed by atoms with Gasteiger partial charge in [0.2, 0.25) is 0 Å². The van der Waals surface area contributed by atoms with Crippen LogP contribution >= 0.6 is 0 Å². The van der Waals surface area contributed by atoms with Gasteiger partial charge in [-0.1, -0.05) is 81.4 Å². The molecule has 3 heterocycles. The van der Waals surface area contributed by atoms with E-state index in [9.17, 15) is 9.59 Å². The van der Waals surface area contributed by atoms with Gasteiger partial charge in [0.05, 0.1) is 11.1 Å². The summed E-state index contributed by atoms with van der Waals surface area (Å²) in [6.07, 6.45) is 7.11. The van der Waals surface area contributed by atoms with Crippen LogP contribution in [0.5, 0.6) is 0 Å². The Hall–Kier alpha value is -4.60. The van der Waals surface area contributed by atoms with Gasteiger partial charge in [0.1, 0.15) is 5.65 Å². The van der Waals surface area contributed by atoms with Crippen LogP contribution in [0, 0.1) is 0 Å². The molecule has 0 aliphatic carbocycles. The standard InChI is InChI=1S/C34H37N5O3Si/c1-34(2,3)43(25-13-7-5-8-14-25,26-15-9-6-10-16-26)42-20-12-19-39-23-28(27-17-11-18-37-31(27)39)30-29(24(21-35)22-36-4)32(40)38-33(30)41/h5-11,13-18,21-23H,12,19-20,35H2,1-4H3,(H,38,40,41). The molecule has 2 amide bonds. The van der Waals surface area contributed by atoms with Crippen molar-refractivity contribution in [3.63, 3.8) is 0 Å². The van der Waals surface area contributed by atoms with Crippen LogP contribution in [0.15, 0.2) is 108 Å². The quantitative estimate of drug-likeness (QED) is 0.126. The van der Waals surface area contributed by atoms with Crippen molar-refractivity contribution in [3.05, 3.63) is 108 Å². The Balaban J connectivity index is 1.49. The molecule has 3 N–H and O–H groups in total. The van der Waals surface area contributed by atoms with E-state index in [1.165, 1.54) is 22.8 Å². The summed E-state index contributed by atoms with van der Waals surface area (Å²) in [5.74, 6) is -0.970. The highest BCUT2D eigenvalue weighted by Gasteiger charge is 2.50. The van der Waals surface area contributed by atoms with E-state index >= 15 is 0 Å². The number of aliphatic imine (C=N–C) groups is 1. The van der Waals surface area contributed by atoms with Crippen molar-refractivity contribution in [2.75, 3.05) is 13.7 Å². The van der Waals surface area contributed by atoms with E-state index in [-0.39, 0.29) is 16.2 Å². The van der Waals surface area contributed by atoms with Crippen molar-refractivity contribution in [1.82, 2.24) is 14.9 Å². The van der Waals surface area contributed by atoms with Crippen LogP contribution in [-0.4, -0.2) is 49.6 Å². The molecule has 9 heteroatoms. The molecule has 220 valence electrons. The lowest BCUT2D eigenvalue weighted by atomic mass is 9.97. The molecule has 0 radical (unpaired) electrons. The van der Waals surface area contributed by atoms with Crippen molar-refractivity contribution in [1.29, 1.82) is 0 Å². The van der Waals surface area contributed by atoms with Crippen LogP contribution in [0.1, 0.15) is 32.8 Å². The topological polar surface area (TPSA) is 112 Å². The summed E-state index contributed by atoms with van der Waals surface area (Å²) in [6, 6.07) is 24.9. The van der Waals surface area contributed by atoms with Gasteiger partial charge in [-0.3, -0.25) is 19.9 Å². The Morgan fingerprint density at radius 1 is 1.00 bits per heavy atom. The van der Waals surface area contributed by atoms with Gasteiger partial charge in [-0.2, -0.15) is 0 Å². The number of nitrogens with zero attached hydrogens (tertiary/aromatic N) is 3. The number of amides is 2. The van der Waals surface area contributed by atoms with Crippen LogP contribution in [0.2, 0.25) is 5.04 Å². The highest BCUT2D eigenvalue weighted by atomic mass is 28.4. The molecule has 1 aliphatic heterocycles. The minimum Gasteiger partial charge on any atom is -0.407 e. The van der Waals surface area contributed by atoms with E-state index in [1.807, 2.05) is 35.0 Å². The molecule has 43 heavy (non-hydrogen) atoms. The molecular formula is C34H37N5O3Si. The molecular weight excluding hydrogens is 554 g/mol. The fourth-order valence-electron chi connectivity index (χ4n) is 6.03. The summed E-state index contributed by atoms with van der Waals surface area (Å²) in [7, 11) is -1.07. The molecule has 0 spiro atoms.